The van der Waals surface area contributed by atoms with Gasteiger partial charge in [-0.3, -0.25) is 0 Å². The lowest BCUT2D eigenvalue weighted by Gasteiger charge is -2.03. The first kappa shape index (κ1) is 8.87. The van der Waals surface area contributed by atoms with E-state index in [0.717, 1.165) is 6.07 Å². The Morgan fingerprint density at radius 1 is 1.29 bits per heavy atom. The quantitative estimate of drug-likeness (QED) is 0.700. The molecule has 0 fully saturated rings. The molecule has 0 bridgehead atoms. The normalized spacial score (nSPS) is 10.8. The van der Waals surface area contributed by atoms with Crippen LogP contribution >= 0.6 is 0 Å². The molecule has 0 aliphatic heterocycles. The lowest BCUT2D eigenvalue weighted by molar-refractivity contribution is 0.412. The van der Waals surface area contributed by atoms with Crippen LogP contribution < -0.4 is 0 Å². The van der Waals surface area contributed by atoms with Crippen molar-refractivity contribution in [3.8, 4) is 5.75 Å². The summed E-state index contributed by atoms with van der Waals surface area (Å²) in [4.78, 5) is 3.92. The van der Waals surface area contributed by atoms with Crippen LogP contribution in [-0.4, -0.2) is 10.1 Å². The molecule has 14 heavy (non-hydrogen) atoms. The molecule has 0 aliphatic carbocycles. The Hall–Kier alpha value is -1.71. The van der Waals surface area contributed by atoms with E-state index in [1.165, 1.54) is 0 Å². The number of hydrogen-bond acceptors (Lipinski definition) is 2. The third-order valence-electron chi connectivity index (χ3n) is 1.99. The fraction of sp³-hybridized carbons (Fsp3) is 0.100. The molecule has 4 heteroatoms. The van der Waals surface area contributed by atoms with Gasteiger partial charge in [0.1, 0.15) is 5.52 Å². The average Bonchev–Trinajstić information content (AvgIpc) is 2.16. The number of pyridine rings is 1. The largest absolute Gasteiger partial charge is 0.503 e. The van der Waals surface area contributed by atoms with E-state index in [4.69, 9.17) is 0 Å². The van der Waals surface area contributed by atoms with Gasteiger partial charge in [0.15, 0.2) is 11.6 Å². The molecular formula is C10H7F2NO. The highest BCUT2D eigenvalue weighted by Gasteiger charge is 2.13. The highest BCUT2D eigenvalue weighted by atomic mass is 19.2. The second-order valence-corrected chi connectivity index (χ2v) is 3.05. The van der Waals surface area contributed by atoms with Gasteiger partial charge in [0.25, 0.3) is 0 Å². The molecule has 0 atom stereocenters. The number of aromatic nitrogens is 1. The van der Waals surface area contributed by atoms with Crippen molar-refractivity contribution in [2.75, 3.05) is 0 Å². The van der Waals surface area contributed by atoms with Crippen molar-refractivity contribution >= 4 is 10.9 Å². The maximum Gasteiger partial charge on any atom is 0.202 e. The first-order valence-electron chi connectivity index (χ1n) is 4.04. The Morgan fingerprint density at radius 2 is 2.00 bits per heavy atom. The van der Waals surface area contributed by atoms with Crippen molar-refractivity contribution in [2.45, 2.75) is 6.92 Å². The van der Waals surface area contributed by atoms with Gasteiger partial charge < -0.3 is 5.11 Å². The fourth-order valence-electron chi connectivity index (χ4n) is 1.29. The van der Waals surface area contributed by atoms with E-state index in [1.807, 2.05) is 0 Å². The number of aromatic hydroxyl groups is 1. The van der Waals surface area contributed by atoms with Gasteiger partial charge in [0, 0.05) is 11.1 Å². The van der Waals surface area contributed by atoms with Crippen LogP contribution in [0.3, 0.4) is 0 Å². The number of halogens is 2. The zero-order valence-electron chi connectivity index (χ0n) is 7.38. The van der Waals surface area contributed by atoms with E-state index >= 15 is 0 Å². The summed E-state index contributed by atoms with van der Waals surface area (Å²) in [5, 5.41) is 9.67. The third kappa shape index (κ3) is 1.19. The van der Waals surface area contributed by atoms with Crippen LogP contribution in [0.5, 0.6) is 5.75 Å². The van der Waals surface area contributed by atoms with Crippen LogP contribution in [0.25, 0.3) is 10.9 Å². The van der Waals surface area contributed by atoms with Crippen LogP contribution in [0.1, 0.15) is 5.69 Å². The second kappa shape index (κ2) is 2.90. The minimum Gasteiger partial charge on any atom is -0.503 e. The van der Waals surface area contributed by atoms with Crippen LogP contribution in [0, 0.1) is 18.6 Å². The molecule has 2 nitrogen and oxygen atoms in total. The van der Waals surface area contributed by atoms with Gasteiger partial charge in [-0.1, -0.05) is 6.07 Å². The smallest absolute Gasteiger partial charge is 0.202 e. The maximum atomic E-state index is 12.9. The number of phenols is 1. The molecule has 72 valence electrons. The Labute approximate surface area is 78.8 Å². The van der Waals surface area contributed by atoms with Crippen molar-refractivity contribution < 1.29 is 13.9 Å². The standard InChI is InChI=1S/C10H7F2NO/c1-5-2-3-6-4-7(11)8(12)10(14)9(6)13-5/h2-4,14H,1H3. The Kier molecular flexibility index (Phi) is 1.84. The number of benzene rings is 1. The van der Waals surface area contributed by atoms with Gasteiger partial charge in [0.05, 0.1) is 0 Å². The predicted octanol–water partition coefficient (Wildman–Crippen LogP) is 2.53. The molecule has 0 saturated carbocycles. The molecule has 2 rings (SSSR count). The summed E-state index contributed by atoms with van der Waals surface area (Å²) in [5.41, 5.74) is 0.725. The minimum atomic E-state index is -1.25. The molecule has 0 aliphatic rings. The summed E-state index contributed by atoms with van der Waals surface area (Å²) < 4.78 is 25.8. The summed E-state index contributed by atoms with van der Waals surface area (Å²) in [5.74, 6) is -3.06. The number of rotatable bonds is 0. The SMILES string of the molecule is Cc1ccc2cc(F)c(F)c(O)c2n1. The van der Waals surface area contributed by atoms with Gasteiger partial charge in [-0.05, 0) is 19.1 Å². The molecule has 0 unspecified atom stereocenters. The lowest BCUT2D eigenvalue weighted by atomic mass is 10.2. The number of phenolic OH excluding ortho intramolecular Hbond substituents is 1. The summed E-state index contributed by atoms with van der Waals surface area (Å²) >= 11 is 0. The van der Waals surface area contributed by atoms with Crippen LogP contribution in [-0.2, 0) is 0 Å². The number of nitrogens with zero attached hydrogens (tertiary/aromatic N) is 1. The van der Waals surface area contributed by atoms with Crippen LogP contribution in [0.4, 0.5) is 8.78 Å². The Balaban J connectivity index is 2.92. The van der Waals surface area contributed by atoms with Gasteiger partial charge in [-0.2, -0.15) is 4.39 Å². The number of aryl methyl sites for hydroxylation is 1. The first-order chi connectivity index (χ1) is 6.59. The zero-order chi connectivity index (χ0) is 10.3. The first-order valence-corrected chi connectivity index (χ1v) is 4.04. The summed E-state index contributed by atoms with van der Waals surface area (Å²) in [6.07, 6.45) is 0. The van der Waals surface area contributed by atoms with Crippen LogP contribution in [0.2, 0.25) is 0 Å². The topological polar surface area (TPSA) is 33.1 Å². The van der Waals surface area contributed by atoms with E-state index in [9.17, 15) is 13.9 Å². The monoisotopic (exact) mass is 195 g/mol. The maximum absolute atomic E-state index is 12.9. The predicted molar refractivity (Wildman–Crippen MR) is 48.1 cm³/mol. The Morgan fingerprint density at radius 3 is 2.71 bits per heavy atom. The molecule has 2 aromatic rings. The van der Waals surface area contributed by atoms with E-state index in [-0.39, 0.29) is 5.52 Å². The third-order valence-corrected chi connectivity index (χ3v) is 1.99. The van der Waals surface area contributed by atoms with Gasteiger partial charge in [0.2, 0.25) is 5.82 Å². The molecule has 0 saturated heterocycles. The van der Waals surface area contributed by atoms with E-state index < -0.39 is 17.4 Å². The van der Waals surface area contributed by atoms with Crippen molar-refractivity contribution in [1.29, 1.82) is 0 Å². The summed E-state index contributed by atoms with van der Waals surface area (Å²) in [6.45, 7) is 1.71. The van der Waals surface area contributed by atoms with E-state index in [1.54, 1.807) is 19.1 Å². The molecule has 0 radical (unpaired) electrons. The number of hydrogen-bond donors (Lipinski definition) is 1. The van der Waals surface area contributed by atoms with Crippen LogP contribution in [0.15, 0.2) is 18.2 Å². The lowest BCUT2D eigenvalue weighted by Crippen LogP contribution is -1.90. The molecule has 0 amide bonds. The van der Waals surface area contributed by atoms with E-state index in [2.05, 4.69) is 4.98 Å². The van der Waals surface area contributed by atoms with E-state index in [0.29, 0.717) is 11.1 Å². The molecule has 1 aromatic heterocycles. The molecule has 1 aromatic carbocycles. The zero-order valence-corrected chi connectivity index (χ0v) is 7.38. The second-order valence-electron chi connectivity index (χ2n) is 3.05. The summed E-state index contributed by atoms with van der Waals surface area (Å²) in [7, 11) is 0. The molecular weight excluding hydrogens is 188 g/mol. The van der Waals surface area contributed by atoms with Crippen molar-refractivity contribution in [1.82, 2.24) is 4.98 Å². The van der Waals surface area contributed by atoms with Crippen molar-refractivity contribution in [3.63, 3.8) is 0 Å². The highest BCUT2D eigenvalue weighted by molar-refractivity contribution is 5.84. The van der Waals surface area contributed by atoms with Gasteiger partial charge in [-0.25, -0.2) is 9.37 Å². The minimum absolute atomic E-state index is 0.0869. The highest BCUT2D eigenvalue weighted by Crippen LogP contribution is 2.28. The van der Waals surface area contributed by atoms with Crippen molar-refractivity contribution in [2.24, 2.45) is 0 Å². The van der Waals surface area contributed by atoms with Gasteiger partial charge in [-0.15, -0.1) is 0 Å². The fourth-order valence-corrected chi connectivity index (χ4v) is 1.29. The van der Waals surface area contributed by atoms with Crippen molar-refractivity contribution in [3.05, 3.63) is 35.5 Å². The molecule has 0 spiro atoms. The molecule has 1 N–H and O–H groups in total. The number of fused-ring (bicyclic) bond motifs is 1. The van der Waals surface area contributed by atoms with Gasteiger partial charge >= 0.3 is 0 Å². The summed E-state index contributed by atoms with van der Waals surface area (Å²) in [6, 6.07) is 4.26. The Bertz CT molecular complexity index is 511. The average molecular weight is 195 g/mol. The molecule has 1 heterocycles.